The van der Waals surface area contributed by atoms with Gasteiger partial charge in [-0.1, -0.05) is 48.0 Å². The van der Waals surface area contributed by atoms with E-state index >= 15 is 0 Å². The number of hydrogen-bond donors (Lipinski definition) is 0. The van der Waals surface area contributed by atoms with Gasteiger partial charge in [-0.2, -0.15) is 5.26 Å². The lowest BCUT2D eigenvalue weighted by Gasteiger charge is -2.17. The SMILES string of the molecule is N#CC(=C1C(=O)N(Cc2ccc(Cl)cc2)c2ccccc21)c1ccccn1. The van der Waals surface area contributed by atoms with Gasteiger partial charge in [-0.05, 0) is 35.9 Å². The van der Waals surface area contributed by atoms with Crippen LogP contribution in [0.4, 0.5) is 5.69 Å². The molecule has 4 nitrogen and oxygen atoms in total. The van der Waals surface area contributed by atoms with Crippen LogP contribution in [0.15, 0.2) is 72.9 Å². The van der Waals surface area contributed by atoms with Crippen LogP contribution in [0.5, 0.6) is 0 Å². The first-order valence-electron chi connectivity index (χ1n) is 8.40. The highest BCUT2D eigenvalue weighted by Gasteiger charge is 2.35. The fraction of sp³-hybridized carbons (Fsp3) is 0.0455. The molecule has 2 heterocycles. The Labute approximate surface area is 162 Å². The Kier molecular flexibility index (Phi) is 4.45. The zero-order chi connectivity index (χ0) is 18.8. The number of benzene rings is 2. The number of amides is 1. The van der Waals surface area contributed by atoms with E-state index in [0.717, 1.165) is 16.8 Å². The standard InChI is InChI=1S/C22H14ClN3O/c23-16-10-8-15(9-11-16)14-26-20-7-2-1-5-17(20)21(22(26)27)18(13-24)19-6-3-4-12-25-19/h1-12H,14H2. The largest absolute Gasteiger partial charge is 0.303 e. The molecular formula is C22H14ClN3O. The fourth-order valence-corrected chi connectivity index (χ4v) is 3.33. The Morgan fingerprint density at radius 3 is 2.48 bits per heavy atom. The fourth-order valence-electron chi connectivity index (χ4n) is 3.20. The van der Waals surface area contributed by atoms with E-state index in [-0.39, 0.29) is 11.5 Å². The van der Waals surface area contributed by atoms with Gasteiger partial charge in [-0.15, -0.1) is 0 Å². The van der Waals surface area contributed by atoms with Crippen molar-refractivity contribution in [2.24, 2.45) is 0 Å². The van der Waals surface area contributed by atoms with Crippen molar-refractivity contribution in [2.45, 2.75) is 6.54 Å². The summed E-state index contributed by atoms with van der Waals surface area (Å²) in [7, 11) is 0. The number of nitriles is 1. The van der Waals surface area contributed by atoms with Crippen molar-refractivity contribution in [3.8, 4) is 6.07 Å². The number of hydrogen-bond acceptors (Lipinski definition) is 3. The summed E-state index contributed by atoms with van der Waals surface area (Å²) in [6.45, 7) is 0.400. The molecule has 1 aliphatic heterocycles. The molecule has 2 aromatic carbocycles. The van der Waals surface area contributed by atoms with Gasteiger partial charge in [0.1, 0.15) is 6.07 Å². The van der Waals surface area contributed by atoms with Crippen molar-refractivity contribution in [1.29, 1.82) is 5.26 Å². The molecule has 3 aromatic rings. The van der Waals surface area contributed by atoms with Gasteiger partial charge in [0.2, 0.25) is 0 Å². The summed E-state index contributed by atoms with van der Waals surface area (Å²) in [5, 5.41) is 10.4. The topological polar surface area (TPSA) is 57.0 Å². The summed E-state index contributed by atoms with van der Waals surface area (Å²) in [4.78, 5) is 19.2. The number of anilines is 1. The second-order valence-electron chi connectivity index (χ2n) is 6.11. The van der Waals surface area contributed by atoms with Crippen LogP contribution < -0.4 is 4.90 Å². The highest BCUT2D eigenvalue weighted by atomic mass is 35.5. The predicted octanol–water partition coefficient (Wildman–Crippen LogP) is 4.72. The van der Waals surface area contributed by atoms with Gasteiger partial charge in [0, 0.05) is 16.8 Å². The number of rotatable bonds is 3. The normalized spacial score (nSPS) is 14.7. The minimum atomic E-state index is -0.201. The van der Waals surface area contributed by atoms with Gasteiger partial charge in [-0.25, -0.2) is 0 Å². The smallest absolute Gasteiger partial charge is 0.260 e. The number of pyridine rings is 1. The van der Waals surface area contributed by atoms with Crippen molar-refractivity contribution in [3.05, 3.63) is 94.8 Å². The molecule has 130 valence electrons. The molecule has 0 saturated heterocycles. The molecule has 1 amide bonds. The van der Waals surface area contributed by atoms with Gasteiger partial charge in [0.25, 0.3) is 5.91 Å². The van der Waals surface area contributed by atoms with Crippen molar-refractivity contribution < 1.29 is 4.79 Å². The van der Waals surface area contributed by atoms with E-state index in [1.807, 2.05) is 36.4 Å². The molecule has 0 fully saturated rings. The Hall–Kier alpha value is -3.42. The number of carbonyl (C=O) groups excluding carboxylic acids is 1. The Bertz CT molecular complexity index is 1080. The van der Waals surface area contributed by atoms with E-state index in [2.05, 4.69) is 11.1 Å². The molecule has 0 unspecified atom stereocenters. The van der Waals surface area contributed by atoms with E-state index in [0.29, 0.717) is 22.8 Å². The number of halogens is 1. The number of allylic oxidation sites excluding steroid dienone is 1. The molecule has 0 atom stereocenters. The van der Waals surface area contributed by atoms with Gasteiger partial charge < -0.3 is 4.90 Å². The van der Waals surface area contributed by atoms with Crippen LogP contribution in [-0.4, -0.2) is 10.9 Å². The first-order chi connectivity index (χ1) is 13.2. The Balaban J connectivity index is 1.84. The third-order valence-electron chi connectivity index (χ3n) is 4.46. The number of para-hydroxylation sites is 1. The quantitative estimate of drug-likeness (QED) is 0.494. The van der Waals surface area contributed by atoms with Crippen molar-refractivity contribution >= 4 is 34.3 Å². The van der Waals surface area contributed by atoms with Crippen molar-refractivity contribution in [1.82, 2.24) is 4.98 Å². The summed E-state index contributed by atoms with van der Waals surface area (Å²) < 4.78 is 0. The number of fused-ring (bicyclic) bond motifs is 1. The average Bonchev–Trinajstić information content (AvgIpc) is 2.98. The van der Waals surface area contributed by atoms with E-state index < -0.39 is 0 Å². The Morgan fingerprint density at radius 1 is 1.04 bits per heavy atom. The lowest BCUT2D eigenvalue weighted by Crippen LogP contribution is -2.26. The second kappa shape index (κ2) is 7.06. The molecule has 1 aliphatic rings. The Morgan fingerprint density at radius 2 is 1.78 bits per heavy atom. The predicted molar refractivity (Wildman–Crippen MR) is 106 cm³/mol. The van der Waals surface area contributed by atoms with Crippen molar-refractivity contribution in [2.75, 3.05) is 4.90 Å². The molecule has 5 heteroatoms. The third kappa shape index (κ3) is 3.10. The summed E-state index contributed by atoms with van der Waals surface area (Å²) in [5.74, 6) is -0.201. The van der Waals surface area contributed by atoms with Gasteiger partial charge in [0.05, 0.1) is 29.1 Å². The monoisotopic (exact) mass is 371 g/mol. The molecular weight excluding hydrogens is 358 g/mol. The van der Waals surface area contributed by atoms with Crippen LogP contribution in [0.3, 0.4) is 0 Å². The molecule has 0 bridgehead atoms. The maximum absolute atomic E-state index is 13.3. The van der Waals surface area contributed by atoms with E-state index in [1.165, 1.54) is 0 Å². The van der Waals surface area contributed by atoms with Crippen LogP contribution in [0, 0.1) is 11.3 Å². The lowest BCUT2D eigenvalue weighted by molar-refractivity contribution is -0.113. The zero-order valence-electron chi connectivity index (χ0n) is 14.3. The summed E-state index contributed by atoms with van der Waals surface area (Å²) >= 11 is 5.96. The second-order valence-corrected chi connectivity index (χ2v) is 6.55. The number of aromatic nitrogens is 1. The van der Waals surface area contributed by atoms with E-state index in [4.69, 9.17) is 11.6 Å². The zero-order valence-corrected chi connectivity index (χ0v) is 15.0. The van der Waals surface area contributed by atoms with E-state index in [1.54, 1.807) is 41.4 Å². The average molecular weight is 372 g/mol. The van der Waals surface area contributed by atoms with E-state index in [9.17, 15) is 10.1 Å². The first kappa shape index (κ1) is 17.0. The molecule has 1 aromatic heterocycles. The van der Waals surface area contributed by atoms with Gasteiger partial charge >= 0.3 is 0 Å². The highest BCUT2D eigenvalue weighted by Crippen LogP contribution is 2.41. The summed E-state index contributed by atoms with van der Waals surface area (Å²) in [6, 6.07) is 22.4. The maximum Gasteiger partial charge on any atom is 0.260 e. The summed E-state index contributed by atoms with van der Waals surface area (Å²) in [6.07, 6.45) is 1.62. The first-order valence-corrected chi connectivity index (χ1v) is 8.78. The van der Waals surface area contributed by atoms with Crippen LogP contribution in [0.25, 0.3) is 11.1 Å². The molecule has 27 heavy (non-hydrogen) atoms. The maximum atomic E-state index is 13.3. The molecule has 0 saturated carbocycles. The highest BCUT2D eigenvalue weighted by molar-refractivity contribution is 6.38. The third-order valence-corrected chi connectivity index (χ3v) is 4.71. The van der Waals surface area contributed by atoms with Crippen LogP contribution in [0.2, 0.25) is 5.02 Å². The molecule has 4 rings (SSSR count). The van der Waals surface area contributed by atoms with Gasteiger partial charge in [-0.3, -0.25) is 9.78 Å². The van der Waals surface area contributed by atoms with Crippen molar-refractivity contribution in [3.63, 3.8) is 0 Å². The summed E-state index contributed by atoms with van der Waals surface area (Å²) in [5.41, 5.74) is 3.66. The molecule has 0 spiro atoms. The van der Waals surface area contributed by atoms with Crippen LogP contribution in [0.1, 0.15) is 16.8 Å². The van der Waals surface area contributed by atoms with Crippen LogP contribution >= 0.6 is 11.6 Å². The molecule has 0 N–H and O–H groups in total. The molecule has 0 aliphatic carbocycles. The van der Waals surface area contributed by atoms with Crippen LogP contribution in [-0.2, 0) is 11.3 Å². The van der Waals surface area contributed by atoms with Gasteiger partial charge in [0.15, 0.2) is 0 Å². The number of nitrogens with zero attached hydrogens (tertiary/aromatic N) is 3. The number of carbonyl (C=O) groups is 1. The minimum Gasteiger partial charge on any atom is -0.303 e. The molecule has 0 radical (unpaired) electrons. The lowest BCUT2D eigenvalue weighted by atomic mass is 9.99. The minimum absolute atomic E-state index is 0.201.